The van der Waals surface area contributed by atoms with Crippen molar-refractivity contribution in [3.05, 3.63) is 84.1 Å². The van der Waals surface area contributed by atoms with Gasteiger partial charge in [-0.1, -0.05) is 60.7 Å². The zero-order valence-electron chi connectivity index (χ0n) is 14.2. The highest BCUT2D eigenvalue weighted by Gasteiger charge is 2.11. The molecule has 5 heteroatoms. The van der Waals surface area contributed by atoms with Gasteiger partial charge in [-0.05, 0) is 40.6 Å². The largest absolute Gasteiger partial charge is 0.244 e. The van der Waals surface area contributed by atoms with E-state index in [1.165, 1.54) is 0 Å². The van der Waals surface area contributed by atoms with Gasteiger partial charge in [0.05, 0.1) is 5.52 Å². The van der Waals surface area contributed by atoms with E-state index < -0.39 is 0 Å². The predicted molar refractivity (Wildman–Crippen MR) is 109 cm³/mol. The molecule has 0 aliphatic heterocycles. The summed E-state index contributed by atoms with van der Waals surface area (Å²) in [4.78, 5) is 17.9. The SMILES string of the molecule is Clc1nc(-c2ccc3ccccc3c2)nc(-c2ccc3ccccc3n2)n1. The van der Waals surface area contributed by atoms with Gasteiger partial charge < -0.3 is 0 Å². The van der Waals surface area contributed by atoms with Crippen LogP contribution < -0.4 is 0 Å². The minimum atomic E-state index is 0.151. The Balaban J connectivity index is 1.64. The van der Waals surface area contributed by atoms with E-state index in [4.69, 9.17) is 11.6 Å². The standard InChI is InChI=1S/C22H13ClN4/c23-22-26-20(17-10-9-14-5-1-2-7-16(14)13-17)25-21(27-22)19-12-11-15-6-3-4-8-18(15)24-19/h1-13H. The number of hydrogen-bond acceptors (Lipinski definition) is 4. The number of benzene rings is 3. The Morgan fingerprint density at radius 3 is 2.15 bits per heavy atom. The molecule has 3 aromatic carbocycles. The molecular formula is C22H13ClN4. The number of para-hydroxylation sites is 1. The summed E-state index contributed by atoms with van der Waals surface area (Å²) >= 11 is 6.20. The fourth-order valence-corrected chi connectivity index (χ4v) is 3.27. The summed E-state index contributed by atoms with van der Waals surface area (Å²) in [6, 6.07) is 26.1. The van der Waals surface area contributed by atoms with Crippen molar-refractivity contribution in [1.82, 2.24) is 19.9 Å². The van der Waals surface area contributed by atoms with Crippen LogP contribution in [-0.4, -0.2) is 19.9 Å². The molecule has 2 heterocycles. The number of halogens is 1. The van der Waals surface area contributed by atoms with Gasteiger partial charge in [0.15, 0.2) is 11.6 Å². The fourth-order valence-electron chi connectivity index (χ4n) is 3.11. The molecule has 0 bridgehead atoms. The second-order valence-corrected chi connectivity index (χ2v) is 6.54. The van der Waals surface area contributed by atoms with Gasteiger partial charge in [-0.3, -0.25) is 0 Å². The van der Waals surface area contributed by atoms with Crippen molar-refractivity contribution in [3.8, 4) is 22.9 Å². The molecule has 0 saturated carbocycles. The number of hydrogen-bond donors (Lipinski definition) is 0. The van der Waals surface area contributed by atoms with Gasteiger partial charge in [0.1, 0.15) is 5.69 Å². The quantitative estimate of drug-likeness (QED) is 0.409. The average Bonchev–Trinajstić information content (AvgIpc) is 2.72. The Morgan fingerprint density at radius 2 is 1.26 bits per heavy atom. The first-order valence-electron chi connectivity index (χ1n) is 8.53. The summed E-state index contributed by atoms with van der Waals surface area (Å²) in [5.74, 6) is 0.995. The molecule has 5 aromatic rings. The summed E-state index contributed by atoms with van der Waals surface area (Å²) in [7, 11) is 0. The van der Waals surface area contributed by atoms with E-state index >= 15 is 0 Å². The normalized spacial score (nSPS) is 11.1. The highest BCUT2D eigenvalue weighted by molar-refractivity contribution is 6.28. The Kier molecular flexibility index (Phi) is 3.77. The molecule has 4 nitrogen and oxygen atoms in total. The summed E-state index contributed by atoms with van der Waals surface area (Å²) in [5.41, 5.74) is 2.44. The third-order valence-electron chi connectivity index (χ3n) is 4.44. The third-order valence-corrected chi connectivity index (χ3v) is 4.61. The second-order valence-electron chi connectivity index (χ2n) is 6.20. The van der Waals surface area contributed by atoms with Crippen molar-refractivity contribution in [3.63, 3.8) is 0 Å². The molecule has 0 aliphatic carbocycles. The van der Waals surface area contributed by atoms with Gasteiger partial charge in [0, 0.05) is 10.9 Å². The molecule has 0 amide bonds. The Bertz CT molecular complexity index is 1200. The average molecular weight is 369 g/mol. The maximum atomic E-state index is 6.20. The van der Waals surface area contributed by atoms with Crippen LogP contribution in [-0.2, 0) is 0 Å². The molecule has 0 spiro atoms. The van der Waals surface area contributed by atoms with E-state index in [0.29, 0.717) is 17.3 Å². The van der Waals surface area contributed by atoms with Gasteiger partial charge in [0.25, 0.3) is 0 Å². The highest BCUT2D eigenvalue weighted by atomic mass is 35.5. The smallest absolute Gasteiger partial charge is 0.226 e. The Labute approximate surface area is 160 Å². The van der Waals surface area contributed by atoms with E-state index in [2.05, 4.69) is 44.2 Å². The topological polar surface area (TPSA) is 51.6 Å². The molecule has 0 radical (unpaired) electrons. The van der Waals surface area contributed by atoms with Crippen LogP contribution in [0.3, 0.4) is 0 Å². The van der Waals surface area contributed by atoms with Crippen LogP contribution in [0.4, 0.5) is 0 Å². The van der Waals surface area contributed by atoms with E-state index in [-0.39, 0.29) is 5.28 Å². The Hall–Kier alpha value is -3.37. The second kappa shape index (κ2) is 6.41. The van der Waals surface area contributed by atoms with Gasteiger partial charge in [-0.15, -0.1) is 0 Å². The zero-order valence-corrected chi connectivity index (χ0v) is 14.9. The van der Waals surface area contributed by atoms with Crippen molar-refractivity contribution in [1.29, 1.82) is 0 Å². The van der Waals surface area contributed by atoms with Crippen LogP contribution in [0, 0.1) is 0 Å². The molecule has 0 N–H and O–H groups in total. The third kappa shape index (κ3) is 3.00. The van der Waals surface area contributed by atoms with Gasteiger partial charge >= 0.3 is 0 Å². The molecule has 2 aromatic heterocycles. The van der Waals surface area contributed by atoms with Crippen LogP contribution in [0.25, 0.3) is 44.6 Å². The fraction of sp³-hybridized carbons (Fsp3) is 0. The lowest BCUT2D eigenvalue weighted by Gasteiger charge is -2.06. The van der Waals surface area contributed by atoms with Gasteiger partial charge in [-0.25, -0.2) is 9.97 Å². The van der Waals surface area contributed by atoms with Crippen molar-refractivity contribution in [2.45, 2.75) is 0 Å². The monoisotopic (exact) mass is 368 g/mol. The zero-order chi connectivity index (χ0) is 18.2. The first-order chi connectivity index (χ1) is 13.3. The minimum Gasteiger partial charge on any atom is -0.244 e. The van der Waals surface area contributed by atoms with Crippen LogP contribution in [0.15, 0.2) is 78.9 Å². The minimum absolute atomic E-state index is 0.151. The van der Waals surface area contributed by atoms with E-state index in [1.54, 1.807) is 0 Å². The molecule has 5 rings (SSSR count). The van der Waals surface area contributed by atoms with Crippen LogP contribution in [0.2, 0.25) is 5.28 Å². The number of pyridine rings is 1. The van der Waals surface area contributed by atoms with Crippen molar-refractivity contribution < 1.29 is 0 Å². The van der Waals surface area contributed by atoms with Crippen molar-refractivity contribution in [2.24, 2.45) is 0 Å². The predicted octanol–water partition coefficient (Wildman–Crippen LogP) is 5.56. The lowest BCUT2D eigenvalue weighted by Crippen LogP contribution is -1.98. The van der Waals surface area contributed by atoms with Crippen molar-refractivity contribution >= 4 is 33.3 Å². The number of fused-ring (bicyclic) bond motifs is 2. The summed E-state index contributed by atoms with van der Waals surface area (Å²) < 4.78 is 0. The maximum Gasteiger partial charge on any atom is 0.226 e. The molecule has 0 unspecified atom stereocenters. The Morgan fingerprint density at radius 1 is 0.556 bits per heavy atom. The molecule has 0 atom stereocenters. The molecule has 0 fully saturated rings. The first-order valence-corrected chi connectivity index (χ1v) is 8.91. The van der Waals surface area contributed by atoms with Crippen molar-refractivity contribution in [2.75, 3.05) is 0 Å². The first kappa shape index (κ1) is 15.9. The summed E-state index contributed by atoms with van der Waals surface area (Å²) in [6.45, 7) is 0. The molecular weight excluding hydrogens is 356 g/mol. The van der Waals surface area contributed by atoms with Crippen LogP contribution >= 0.6 is 11.6 Å². The maximum absolute atomic E-state index is 6.20. The highest BCUT2D eigenvalue weighted by Crippen LogP contribution is 2.25. The van der Waals surface area contributed by atoms with E-state index in [9.17, 15) is 0 Å². The van der Waals surface area contributed by atoms with Gasteiger partial charge in [-0.2, -0.15) is 9.97 Å². The van der Waals surface area contributed by atoms with E-state index in [0.717, 1.165) is 27.2 Å². The number of aromatic nitrogens is 4. The summed E-state index contributed by atoms with van der Waals surface area (Å²) in [6.07, 6.45) is 0. The molecule has 27 heavy (non-hydrogen) atoms. The van der Waals surface area contributed by atoms with Crippen LogP contribution in [0.1, 0.15) is 0 Å². The lowest BCUT2D eigenvalue weighted by molar-refractivity contribution is 1.06. The van der Waals surface area contributed by atoms with Crippen LogP contribution in [0.5, 0.6) is 0 Å². The lowest BCUT2D eigenvalue weighted by atomic mass is 10.1. The summed E-state index contributed by atoms with van der Waals surface area (Å²) in [5, 5.41) is 3.50. The molecule has 0 aliphatic rings. The molecule has 0 saturated heterocycles. The number of rotatable bonds is 2. The van der Waals surface area contributed by atoms with Gasteiger partial charge in [0.2, 0.25) is 5.28 Å². The van der Waals surface area contributed by atoms with E-state index in [1.807, 2.05) is 54.6 Å². The molecule has 128 valence electrons. The number of nitrogens with zero attached hydrogens (tertiary/aromatic N) is 4.